The SMILES string of the molecule is O=S(=O)([O-])c1cc(OCCO)cc(OCCO)c1.[Na+]. The predicted molar refractivity (Wildman–Crippen MR) is 59.6 cm³/mol. The minimum Gasteiger partial charge on any atom is -0.744 e. The zero-order valence-corrected chi connectivity index (χ0v) is 13.2. The Kier molecular flexibility index (Phi) is 8.59. The first-order valence-electron chi connectivity index (χ1n) is 5.05. The summed E-state index contributed by atoms with van der Waals surface area (Å²) < 4.78 is 42.8. The molecule has 0 spiro atoms. The van der Waals surface area contributed by atoms with Crippen molar-refractivity contribution in [3.8, 4) is 11.5 Å². The molecule has 0 amide bonds. The van der Waals surface area contributed by atoms with E-state index in [1.165, 1.54) is 6.07 Å². The third-order valence-corrected chi connectivity index (χ3v) is 2.68. The first-order valence-corrected chi connectivity index (χ1v) is 6.46. The Morgan fingerprint density at radius 3 is 1.74 bits per heavy atom. The summed E-state index contributed by atoms with van der Waals surface area (Å²) in [5.41, 5.74) is 0. The molecule has 0 bridgehead atoms. The minimum atomic E-state index is -4.63. The molecule has 1 aromatic rings. The standard InChI is InChI=1S/C10H14O7S.Na/c11-1-3-16-8-5-9(17-4-2-12)7-10(6-8)18(13,14)15;/h5-7,11-12H,1-4H2,(H,13,14,15);/q;+1/p-1. The largest absolute Gasteiger partial charge is 1.00 e. The third-order valence-electron chi connectivity index (χ3n) is 1.86. The van der Waals surface area contributed by atoms with Gasteiger partial charge in [0.05, 0.1) is 18.1 Å². The first-order chi connectivity index (χ1) is 8.47. The Bertz CT molecular complexity index is 462. The van der Waals surface area contributed by atoms with Crippen LogP contribution in [0.2, 0.25) is 0 Å². The van der Waals surface area contributed by atoms with Crippen LogP contribution in [0.4, 0.5) is 0 Å². The normalized spacial score (nSPS) is 10.7. The summed E-state index contributed by atoms with van der Waals surface area (Å²) in [6, 6.07) is 3.45. The molecule has 1 aromatic carbocycles. The Labute approximate surface area is 133 Å². The summed E-state index contributed by atoms with van der Waals surface area (Å²) in [6.45, 7) is -0.577. The van der Waals surface area contributed by atoms with Crippen molar-refractivity contribution in [2.45, 2.75) is 4.90 Å². The molecule has 7 nitrogen and oxygen atoms in total. The Morgan fingerprint density at radius 2 is 1.42 bits per heavy atom. The molecule has 2 N–H and O–H groups in total. The molecule has 0 aliphatic rings. The molecule has 19 heavy (non-hydrogen) atoms. The maximum absolute atomic E-state index is 10.9. The molecule has 0 aliphatic heterocycles. The second kappa shape index (κ2) is 8.75. The van der Waals surface area contributed by atoms with E-state index in [9.17, 15) is 13.0 Å². The second-order valence-corrected chi connectivity index (χ2v) is 4.62. The Hall–Kier alpha value is -0.350. The van der Waals surface area contributed by atoms with E-state index in [4.69, 9.17) is 19.7 Å². The van der Waals surface area contributed by atoms with Crippen LogP contribution in [0.3, 0.4) is 0 Å². The molecule has 102 valence electrons. The maximum atomic E-state index is 10.9. The number of aliphatic hydroxyl groups excluding tert-OH is 2. The summed E-state index contributed by atoms with van der Waals surface area (Å²) in [4.78, 5) is -0.495. The molecule has 0 aliphatic carbocycles. The number of rotatable bonds is 7. The van der Waals surface area contributed by atoms with Crippen LogP contribution in [0.15, 0.2) is 23.1 Å². The van der Waals surface area contributed by atoms with E-state index >= 15 is 0 Å². The zero-order valence-electron chi connectivity index (χ0n) is 10.4. The van der Waals surface area contributed by atoms with Crippen molar-refractivity contribution in [2.75, 3.05) is 26.4 Å². The van der Waals surface area contributed by atoms with Gasteiger partial charge in [-0.3, -0.25) is 0 Å². The second-order valence-electron chi connectivity index (χ2n) is 3.24. The van der Waals surface area contributed by atoms with Crippen molar-refractivity contribution in [3.63, 3.8) is 0 Å². The van der Waals surface area contributed by atoms with Gasteiger partial charge in [-0.05, 0) is 12.1 Å². The number of benzene rings is 1. The monoisotopic (exact) mass is 300 g/mol. The van der Waals surface area contributed by atoms with Crippen LogP contribution in [0.25, 0.3) is 0 Å². The zero-order chi connectivity index (χ0) is 13.6. The molecule has 0 heterocycles. The molecule has 0 unspecified atom stereocenters. The molecule has 0 fully saturated rings. The first kappa shape index (κ1) is 18.7. The van der Waals surface area contributed by atoms with Gasteiger partial charge in [-0.1, -0.05) is 0 Å². The molecule has 0 aromatic heterocycles. The van der Waals surface area contributed by atoms with Crippen molar-refractivity contribution < 1.29 is 62.2 Å². The van der Waals surface area contributed by atoms with E-state index in [2.05, 4.69) is 0 Å². The molecule has 0 saturated carbocycles. The average Bonchev–Trinajstić information content (AvgIpc) is 2.32. The summed E-state index contributed by atoms with van der Waals surface area (Å²) in [6.07, 6.45) is 0. The topological polar surface area (TPSA) is 116 Å². The number of hydrogen-bond acceptors (Lipinski definition) is 7. The van der Waals surface area contributed by atoms with Crippen LogP contribution in [0.5, 0.6) is 11.5 Å². The van der Waals surface area contributed by atoms with E-state index in [1.807, 2.05) is 0 Å². The fourth-order valence-electron chi connectivity index (χ4n) is 1.18. The summed E-state index contributed by atoms with van der Waals surface area (Å²) in [5, 5.41) is 17.2. The van der Waals surface area contributed by atoms with Crippen molar-refractivity contribution in [1.82, 2.24) is 0 Å². The number of ether oxygens (including phenoxy) is 2. The molecule has 0 saturated heterocycles. The van der Waals surface area contributed by atoms with Gasteiger partial charge in [0, 0.05) is 6.07 Å². The van der Waals surface area contributed by atoms with Gasteiger partial charge in [0.1, 0.15) is 34.8 Å². The smallest absolute Gasteiger partial charge is 0.744 e. The van der Waals surface area contributed by atoms with Crippen LogP contribution < -0.4 is 39.0 Å². The number of aliphatic hydroxyl groups is 2. The fourth-order valence-corrected chi connectivity index (χ4v) is 1.70. The molecular formula is C10H13NaO7S. The van der Waals surface area contributed by atoms with Crippen molar-refractivity contribution >= 4 is 10.1 Å². The fraction of sp³-hybridized carbons (Fsp3) is 0.400. The molecule has 9 heteroatoms. The van der Waals surface area contributed by atoms with Gasteiger partial charge in [-0.2, -0.15) is 0 Å². The third kappa shape index (κ3) is 6.57. The van der Waals surface area contributed by atoms with E-state index in [0.717, 1.165) is 12.1 Å². The van der Waals surface area contributed by atoms with Gasteiger partial charge in [0.25, 0.3) is 0 Å². The molecule has 0 radical (unpaired) electrons. The van der Waals surface area contributed by atoms with Gasteiger partial charge in [0.2, 0.25) is 0 Å². The van der Waals surface area contributed by atoms with Crippen molar-refractivity contribution in [3.05, 3.63) is 18.2 Å². The average molecular weight is 300 g/mol. The van der Waals surface area contributed by atoms with Crippen LogP contribution in [-0.2, 0) is 10.1 Å². The van der Waals surface area contributed by atoms with Gasteiger partial charge >= 0.3 is 29.6 Å². The molecule has 1 rings (SSSR count). The quantitative estimate of drug-likeness (QED) is 0.394. The van der Waals surface area contributed by atoms with E-state index in [-0.39, 0.29) is 67.5 Å². The van der Waals surface area contributed by atoms with Crippen molar-refractivity contribution in [1.29, 1.82) is 0 Å². The van der Waals surface area contributed by atoms with Gasteiger partial charge < -0.3 is 24.2 Å². The maximum Gasteiger partial charge on any atom is 1.00 e. The van der Waals surface area contributed by atoms with E-state index < -0.39 is 15.0 Å². The molecule has 0 atom stereocenters. The summed E-state index contributed by atoms with van der Waals surface area (Å²) in [7, 11) is -4.63. The summed E-state index contributed by atoms with van der Waals surface area (Å²) >= 11 is 0. The molecular weight excluding hydrogens is 287 g/mol. The van der Waals surface area contributed by atoms with Gasteiger partial charge in [0.15, 0.2) is 0 Å². The van der Waals surface area contributed by atoms with Crippen LogP contribution in [0.1, 0.15) is 0 Å². The predicted octanol–water partition coefficient (Wildman–Crippen LogP) is -3.66. The minimum absolute atomic E-state index is 0. The van der Waals surface area contributed by atoms with Crippen molar-refractivity contribution in [2.24, 2.45) is 0 Å². The Balaban J connectivity index is 0.00000324. The number of hydrogen-bond donors (Lipinski definition) is 2. The Morgan fingerprint density at radius 1 is 1.00 bits per heavy atom. The van der Waals surface area contributed by atoms with E-state index in [1.54, 1.807) is 0 Å². The van der Waals surface area contributed by atoms with Crippen LogP contribution >= 0.6 is 0 Å². The van der Waals surface area contributed by atoms with Crippen LogP contribution in [0, 0.1) is 0 Å². The van der Waals surface area contributed by atoms with Crippen LogP contribution in [-0.4, -0.2) is 49.6 Å². The van der Waals surface area contributed by atoms with E-state index in [0.29, 0.717) is 0 Å². The van der Waals surface area contributed by atoms with Gasteiger partial charge in [-0.25, -0.2) is 8.42 Å². The summed E-state index contributed by atoms with van der Waals surface area (Å²) in [5.74, 6) is 0.183. The van der Waals surface area contributed by atoms with Gasteiger partial charge in [-0.15, -0.1) is 0 Å².